The van der Waals surface area contributed by atoms with Crippen molar-refractivity contribution < 1.29 is 9.18 Å². The van der Waals surface area contributed by atoms with E-state index in [1.807, 2.05) is 0 Å². The second-order valence-electron chi connectivity index (χ2n) is 3.27. The quantitative estimate of drug-likeness (QED) is 0.768. The maximum atomic E-state index is 12.9. The van der Waals surface area contributed by atoms with Crippen LogP contribution in [0.25, 0.3) is 0 Å². The Balaban J connectivity index is 2.97. The molecular formula is C10H10BrClFNO. The zero-order chi connectivity index (χ0) is 11.6. The molecule has 5 heteroatoms. The first-order valence-electron chi connectivity index (χ1n) is 4.23. The summed E-state index contributed by atoms with van der Waals surface area (Å²) in [4.78, 5) is 12.9. The predicted octanol–water partition coefficient (Wildman–Crippen LogP) is 2.96. The summed E-state index contributed by atoms with van der Waals surface area (Å²) < 4.78 is 13.2. The summed E-state index contributed by atoms with van der Waals surface area (Å²) >= 11 is 8.98. The van der Waals surface area contributed by atoms with Crippen LogP contribution < -0.4 is 0 Å². The molecule has 2 nitrogen and oxygen atoms in total. The minimum atomic E-state index is -0.781. The van der Waals surface area contributed by atoms with Gasteiger partial charge in [0.1, 0.15) is 11.2 Å². The molecular weight excluding hydrogens is 284 g/mol. The summed E-state index contributed by atoms with van der Waals surface area (Å²) in [6.45, 7) is 0. The van der Waals surface area contributed by atoms with Gasteiger partial charge in [-0.1, -0.05) is 6.07 Å². The van der Waals surface area contributed by atoms with Crippen molar-refractivity contribution in [2.45, 2.75) is 5.38 Å². The molecule has 82 valence electrons. The van der Waals surface area contributed by atoms with Crippen LogP contribution in [-0.4, -0.2) is 24.9 Å². The van der Waals surface area contributed by atoms with Crippen LogP contribution in [0.2, 0.25) is 0 Å². The summed E-state index contributed by atoms with van der Waals surface area (Å²) in [5, 5.41) is -0.781. The lowest BCUT2D eigenvalue weighted by Crippen LogP contribution is -2.25. The first kappa shape index (κ1) is 12.5. The van der Waals surface area contributed by atoms with E-state index < -0.39 is 5.38 Å². The van der Waals surface area contributed by atoms with Gasteiger partial charge in [0.25, 0.3) is 0 Å². The molecule has 1 rings (SSSR count). The molecule has 1 unspecified atom stereocenters. The highest BCUT2D eigenvalue weighted by Gasteiger charge is 2.19. The normalized spacial score (nSPS) is 12.3. The van der Waals surface area contributed by atoms with E-state index in [0.717, 1.165) is 0 Å². The SMILES string of the molecule is CN(C)C(=O)C(Cl)c1ccc(F)c(Br)c1. The molecule has 0 N–H and O–H groups in total. The molecule has 0 aliphatic carbocycles. The van der Waals surface area contributed by atoms with Crippen molar-refractivity contribution in [1.82, 2.24) is 4.90 Å². The van der Waals surface area contributed by atoms with Crippen LogP contribution >= 0.6 is 27.5 Å². The van der Waals surface area contributed by atoms with Crippen molar-refractivity contribution in [2.24, 2.45) is 0 Å². The average molecular weight is 295 g/mol. The Labute approximate surface area is 101 Å². The third kappa shape index (κ3) is 2.92. The molecule has 1 aromatic carbocycles. The number of amides is 1. The van der Waals surface area contributed by atoms with Gasteiger partial charge in [-0.25, -0.2) is 4.39 Å². The number of carbonyl (C=O) groups excluding carboxylic acids is 1. The van der Waals surface area contributed by atoms with E-state index in [-0.39, 0.29) is 11.7 Å². The first-order valence-corrected chi connectivity index (χ1v) is 5.46. The zero-order valence-electron chi connectivity index (χ0n) is 8.30. The van der Waals surface area contributed by atoms with E-state index in [0.29, 0.717) is 10.0 Å². The molecule has 0 aliphatic rings. The van der Waals surface area contributed by atoms with E-state index in [2.05, 4.69) is 15.9 Å². The van der Waals surface area contributed by atoms with Gasteiger partial charge in [0, 0.05) is 14.1 Å². The van der Waals surface area contributed by atoms with E-state index in [1.165, 1.54) is 23.1 Å². The number of carbonyl (C=O) groups is 1. The van der Waals surface area contributed by atoms with Crippen molar-refractivity contribution in [3.63, 3.8) is 0 Å². The Morgan fingerprint density at radius 3 is 2.60 bits per heavy atom. The largest absolute Gasteiger partial charge is 0.347 e. The summed E-state index contributed by atoms with van der Waals surface area (Å²) in [6.07, 6.45) is 0. The molecule has 0 radical (unpaired) electrons. The molecule has 0 spiro atoms. The van der Waals surface area contributed by atoms with E-state index in [1.54, 1.807) is 14.1 Å². The minimum Gasteiger partial charge on any atom is -0.347 e. The van der Waals surface area contributed by atoms with Crippen molar-refractivity contribution in [3.05, 3.63) is 34.1 Å². The Bertz CT molecular complexity index is 384. The Kier molecular flexibility index (Phi) is 4.11. The van der Waals surface area contributed by atoms with Gasteiger partial charge in [-0.2, -0.15) is 0 Å². The van der Waals surface area contributed by atoms with Gasteiger partial charge in [0.2, 0.25) is 5.91 Å². The Morgan fingerprint density at radius 1 is 1.53 bits per heavy atom. The number of rotatable bonds is 2. The van der Waals surface area contributed by atoms with Gasteiger partial charge in [0.05, 0.1) is 4.47 Å². The van der Waals surface area contributed by atoms with E-state index in [4.69, 9.17) is 11.6 Å². The van der Waals surface area contributed by atoms with Crippen LogP contribution in [0, 0.1) is 5.82 Å². The maximum Gasteiger partial charge on any atom is 0.244 e. The lowest BCUT2D eigenvalue weighted by Gasteiger charge is -2.15. The van der Waals surface area contributed by atoms with Crippen LogP contribution in [-0.2, 0) is 4.79 Å². The summed E-state index contributed by atoms with van der Waals surface area (Å²) in [5.74, 6) is -0.602. The first-order chi connectivity index (χ1) is 6.93. The molecule has 1 atom stereocenters. The maximum absolute atomic E-state index is 12.9. The average Bonchev–Trinajstić information content (AvgIpc) is 2.19. The van der Waals surface area contributed by atoms with E-state index in [9.17, 15) is 9.18 Å². The van der Waals surface area contributed by atoms with Crippen LogP contribution in [0.15, 0.2) is 22.7 Å². The smallest absolute Gasteiger partial charge is 0.244 e. The fourth-order valence-electron chi connectivity index (χ4n) is 1.04. The van der Waals surface area contributed by atoms with Gasteiger partial charge in [0.15, 0.2) is 0 Å². The molecule has 0 fully saturated rings. The van der Waals surface area contributed by atoms with Gasteiger partial charge in [-0.3, -0.25) is 4.79 Å². The highest BCUT2D eigenvalue weighted by atomic mass is 79.9. The van der Waals surface area contributed by atoms with Crippen LogP contribution in [0.1, 0.15) is 10.9 Å². The number of likely N-dealkylation sites (N-methyl/N-ethyl adjacent to an activating group) is 1. The van der Waals surface area contributed by atoms with Crippen LogP contribution in [0.5, 0.6) is 0 Å². The van der Waals surface area contributed by atoms with Crippen molar-refractivity contribution in [2.75, 3.05) is 14.1 Å². The Morgan fingerprint density at radius 2 is 2.13 bits per heavy atom. The number of alkyl halides is 1. The van der Waals surface area contributed by atoms with Crippen LogP contribution in [0.3, 0.4) is 0 Å². The molecule has 1 amide bonds. The fourth-order valence-corrected chi connectivity index (χ4v) is 1.77. The minimum absolute atomic E-state index is 0.227. The Hall–Kier alpha value is -0.610. The lowest BCUT2D eigenvalue weighted by atomic mass is 10.1. The second kappa shape index (κ2) is 4.94. The molecule has 1 aromatic rings. The van der Waals surface area contributed by atoms with Gasteiger partial charge < -0.3 is 4.90 Å². The molecule has 15 heavy (non-hydrogen) atoms. The van der Waals surface area contributed by atoms with Crippen molar-refractivity contribution >= 4 is 33.4 Å². The fraction of sp³-hybridized carbons (Fsp3) is 0.300. The molecule has 0 aliphatic heterocycles. The number of halogens is 3. The van der Waals surface area contributed by atoms with Gasteiger partial charge >= 0.3 is 0 Å². The summed E-state index contributed by atoms with van der Waals surface area (Å²) in [7, 11) is 3.24. The van der Waals surface area contributed by atoms with Crippen molar-refractivity contribution in [1.29, 1.82) is 0 Å². The molecule has 0 aromatic heterocycles. The molecule has 0 heterocycles. The number of nitrogens with zero attached hydrogens (tertiary/aromatic N) is 1. The second-order valence-corrected chi connectivity index (χ2v) is 4.56. The number of hydrogen-bond donors (Lipinski definition) is 0. The highest BCUT2D eigenvalue weighted by Crippen LogP contribution is 2.26. The summed E-state index contributed by atoms with van der Waals surface area (Å²) in [6, 6.07) is 4.28. The molecule has 0 saturated carbocycles. The third-order valence-corrected chi connectivity index (χ3v) is 2.94. The zero-order valence-corrected chi connectivity index (χ0v) is 10.6. The topological polar surface area (TPSA) is 20.3 Å². The highest BCUT2D eigenvalue weighted by molar-refractivity contribution is 9.10. The molecule has 0 saturated heterocycles. The predicted molar refractivity (Wildman–Crippen MR) is 61.4 cm³/mol. The van der Waals surface area contributed by atoms with Crippen molar-refractivity contribution in [3.8, 4) is 0 Å². The molecule has 0 bridgehead atoms. The van der Waals surface area contributed by atoms with Crippen LogP contribution in [0.4, 0.5) is 4.39 Å². The monoisotopic (exact) mass is 293 g/mol. The van der Waals surface area contributed by atoms with Gasteiger partial charge in [-0.15, -0.1) is 11.6 Å². The number of hydrogen-bond acceptors (Lipinski definition) is 1. The van der Waals surface area contributed by atoms with E-state index >= 15 is 0 Å². The third-order valence-electron chi connectivity index (χ3n) is 1.89. The van der Waals surface area contributed by atoms with Gasteiger partial charge in [-0.05, 0) is 33.6 Å². The number of benzene rings is 1. The standard InChI is InChI=1S/C10H10BrClFNO/c1-14(2)10(15)9(12)6-3-4-8(13)7(11)5-6/h3-5,9H,1-2H3. The lowest BCUT2D eigenvalue weighted by molar-refractivity contribution is -0.128. The summed E-state index contributed by atoms with van der Waals surface area (Å²) in [5.41, 5.74) is 0.573.